The van der Waals surface area contributed by atoms with Gasteiger partial charge in [0.1, 0.15) is 0 Å². The Morgan fingerprint density at radius 1 is 0.793 bits per heavy atom. The predicted molar refractivity (Wildman–Crippen MR) is 166 cm³/mol. The molecule has 0 saturated carbocycles. The SMILES string of the molecule is CC(C)[N-]C(C)C.CC[Si]1(CC)CCC1.CC[Si]1(CC)CCCC1I.ICI.[Li+]. The first-order valence-electron chi connectivity index (χ1n) is 11.6. The van der Waals surface area contributed by atoms with E-state index in [0.29, 0.717) is 12.1 Å². The van der Waals surface area contributed by atoms with Crippen LogP contribution in [0.2, 0.25) is 42.3 Å². The molecule has 0 spiro atoms. The van der Waals surface area contributed by atoms with E-state index in [1.54, 1.807) is 36.6 Å². The van der Waals surface area contributed by atoms with E-state index in [9.17, 15) is 0 Å². The molecule has 1 atom stereocenters. The quantitative estimate of drug-likeness (QED) is 0.151. The van der Waals surface area contributed by atoms with Crippen molar-refractivity contribution in [3.63, 3.8) is 0 Å². The van der Waals surface area contributed by atoms with Gasteiger partial charge in [0.15, 0.2) is 0 Å². The van der Waals surface area contributed by atoms with Crippen LogP contribution in [0.25, 0.3) is 5.32 Å². The molecular formula is C22H49I3LiNSi2. The molecule has 2 rings (SSSR count). The Hall–Kier alpha value is 3.18. The third-order valence-corrected chi connectivity index (χ3v) is 22.9. The number of hydrogen-bond acceptors (Lipinski definition) is 0. The summed E-state index contributed by atoms with van der Waals surface area (Å²) in [6.45, 7) is 18.0. The summed E-state index contributed by atoms with van der Waals surface area (Å²) in [5.41, 5.74) is 0. The van der Waals surface area contributed by atoms with Gasteiger partial charge in [0, 0.05) is 3.55 Å². The number of alkyl halides is 3. The van der Waals surface area contributed by atoms with Crippen LogP contribution in [0.15, 0.2) is 0 Å². The molecule has 7 heteroatoms. The molecule has 2 aliphatic heterocycles. The summed E-state index contributed by atoms with van der Waals surface area (Å²) in [4.78, 5) is 0. The summed E-state index contributed by atoms with van der Waals surface area (Å²) in [7, 11) is -1.19. The Bertz CT molecular complexity index is 333. The Morgan fingerprint density at radius 3 is 1.28 bits per heavy atom. The van der Waals surface area contributed by atoms with Crippen LogP contribution in [0.5, 0.6) is 0 Å². The molecule has 2 fully saturated rings. The maximum absolute atomic E-state index is 4.28. The largest absolute Gasteiger partial charge is 1.00 e. The molecule has 0 aliphatic carbocycles. The third kappa shape index (κ3) is 16.4. The number of hydrogen-bond donors (Lipinski definition) is 0. The van der Waals surface area contributed by atoms with E-state index in [2.05, 4.69) is 128 Å². The Kier molecular flexibility index (Phi) is 27.5. The number of nitrogens with zero attached hydrogens (tertiary/aromatic N) is 1. The zero-order valence-electron chi connectivity index (χ0n) is 21.1. The fourth-order valence-electron chi connectivity index (χ4n) is 4.37. The van der Waals surface area contributed by atoms with Crippen LogP contribution in [0, 0.1) is 0 Å². The zero-order chi connectivity index (χ0) is 22.2. The zero-order valence-corrected chi connectivity index (χ0v) is 29.6. The van der Waals surface area contributed by atoms with E-state index in [4.69, 9.17) is 0 Å². The Balaban J connectivity index is -0.000000327. The molecule has 0 aromatic carbocycles. The summed E-state index contributed by atoms with van der Waals surface area (Å²) < 4.78 is 2.29. The molecule has 2 aliphatic rings. The first kappa shape index (κ1) is 36.7. The van der Waals surface area contributed by atoms with E-state index < -0.39 is 16.1 Å². The molecule has 0 amide bonds. The van der Waals surface area contributed by atoms with Gasteiger partial charge in [-0.2, -0.15) is 0 Å². The van der Waals surface area contributed by atoms with E-state index >= 15 is 0 Å². The Labute approximate surface area is 240 Å². The second kappa shape index (κ2) is 21.7. The van der Waals surface area contributed by atoms with Crippen molar-refractivity contribution in [2.24, 2.45) is 0 Å². The van der Waals surface area contributed by atoms with Gasteiger partial charge in [-0.05, 0) is 6.42 Å². The van der Waals surface area contributed by atoms with E-state index in [-0.39, 0.29) is 18.9 Å². The number of rotatable bonds is 6. The second-order valence-electron chi connectivity index (χ2n) is 8.93. The average Bonchev–Trinajstić information content (AvgIpc) is 2.97. The summed E-state index contributed by atoms with van der Waals surface area (Å²) in [6, 6.07) is 12.0. The summed E-state index contributed by atoms with van der Waals surface area (Å²) in [5, 5.41) is 4.28. The van der Waals surface area contributed by atoms with Crippen molar-refractivity contribution in [1.29, 1.82) is 0 Å². The first-order valence-corrected chi connectivity index (χ1v) is 21.4. The minimum atomic E-state index is -0.697. The van der Waals surface area contributed by atoms with Crippen molar-refractivity contribution in [3.8, 4) is 0 Å². The fraction of sp³-hybridized carbons (Fsp3) is 1.00. The molecule has 0 aromatic rings. The van der Waals surface area contributed by atoms with E-state index in [0.717, 1.165) is 3.55 Å². The van der Waals surface area contributed by atoms with Gasteiger partial charge in [-0.3, -0.25) is 0 Å². The molecule has 29 heavy (non-hydrogen) atoms. The van der Waals surface area contributed by atoms with Gasteiger partial charge in [0.05, 0.1) is 18.6 Å². The van der Waals surface area contributed by atoms with Gasteiger partial charge in [0.25, 0.3) is 0 Å². The molecule has 1 nitrogen and oxygen atoms in total. The van der Waals surface area contributed by atoms with Gasteiger partial charge in [-0.25, -0.2) is 0 Å². The molecule has 1 unspecified atom stereocenters. The molecule has 0 bridgehead atoms. The van der Waals surface area contributed by atoms with Crippen LogP contribution >= 0.6 is 67.8 Å². The maximum atomic E-state index is 4.28. The van der Waals surface area contributed by atoms with Gasteiger partial charge >= 0.3 is 18.9 Å². The van der Waals surface area contributed by atoms with Crippen LogP contribution in [-0.4, -0.2) is 34.2 Å². The van der Waals surface area contributed by atoms with Gasteiger partial charge in [-0.15, -0.1) is 12.1 Å². The minimum absolute atomic E-state index is 0. The van der Waals surface area contributed by atoms with E-state index in [1.807, 2.05) is 0 Å². The standard InChI is InChI=1S/C8H17ISi.C7H16Si.C6H14N.CH2I2.Li/c1-3-10(4-2)7-5-6-8(10)9;1-3-8(4-2)6-5-7-8;1-5(2)7-6(3)4;2-1-3;/h8H,3-7H2,1-2H3;3-7H2,1-2H3;5-6H,1-4H3;1H2;/q;;-1;;+1. The summed E-state index contributed by atoms with van der Waals surface area (Å²) >= 11 is 7.26. The molecule has 172 valence electrons. The molecular weight excluding hydrogens is 722 g/mol. The third-order valence-electron chi connectivity index (χ3n) is 6.72. The molecule has 0 radical (unpaired) electrons. The summed E-state index contributed by atoms with van der Waals surface area (Å²) in [6.07, 6.45) is 4.60. The molecule has 0 aromatic heterocycles. The van der Waals surface area contributed by atoms with Crippen molar-refractivity contribution >= 4 is 83.9 Å². The maximum Gasteiger partial charge on any atom is 1.00 e. The number of halogens is 3. The molecule has 0 N–H and O–H groups in total. The topological polar surface area (TPSA) is 14.1 Å². The van der Waals surface area contributed by atoms with Crippen molar-refractivity contribution in [2.45, 2.75) is 133 Å². The van der Waals surface area contributed by atoms with Gasteiger partial charge < -0.3 is 5.32 Å². The monoisotopic (exact) mass is 771 g/mol. The second-order valence-corrected chi connectivity index (χ2v) is 26.8. The normalized spacial score (nSPS) is 20.8. The van der Waals surface area contributed by atoms with Crippen molar-refractivity contribution in [2.75, 3.05) is 2.43 Å². The fourth-order valence-corrected chi connectivity index (χ4v) is 15.8. The predicted octanol–water partition coefficient (Wildman–Crippen LogP) is 7.49. The first-order chi connectivity index (χ1) is 13.1. The van der Waals surface area contributed by atoms with Crippen LogP contribution in [0.3, 0.4) is 0 Å². The minimum Gasteiger partial charge on any atom is -0.658 e. The van der Waals surface area contributed by atoms with Gasteiger partial charge in [0.2, 0.25) is 0 Å². The van der Waals surface area contributed by atoms with Crippen LogP contribution in [0.1, 0.15) is 74.7 Å². The Morgan fingerprint density at radius 2 is 1.21 bits per heavy atom. The van der Waals surface area contributed by atoms with Crippen LogP contribution < -0.4 is 18.9 Å². The molecule has 2 heterocycles. The van der Waals surface area contributed by atoms with Crippen LogP contribution in [-0.2, 0) is 0 Å². The smallest absolute Gasteiger partial charge is 0.658 e. The molecule has 2 saturated heterocycles. The van der Waals surface area contributed by atoms with Gasteiger partial charge in [-0.1, -0.05) is 178 Å². The van der Waals surface area contributed by atoms with Crippen molar-refractivity contribution < 1.29 is 18.9 Å². The van der Waals surface area contributed by atoms with Crippen molar-refractivity contribution in [1.82, 2.24) is 0 Å². The average molecular weight is 771 g/mol. The van der Waals surface area contributed by atoms with E-state index in [1.165, 1.54) is 27.4 Å². The van der Waals surface area contributed by atoms with Crippen molar-refractivity contribution in [3.05, 3.63) is 5.32 Å². The van der Waals surface area contributed by atoms with Crippen LogP contribution in [0.4, 0.5) is 0 Å². The summed E-state index contributed by atoms with van der Waals surface area (Å²) in [5.74, 6) is 0.